The van der Waals surface area contributed by atoms with Crippen molar-refractivity contribution in [3.8, 4) is 0 Å². The van der Waals surface area contributed by atoms with Crippen LogP contribution in [0.15, 0.2) is 72.8 Å². The predicted octanol–water partition coefficient (Wildman–Crippen LogP) is 4.99. The Labute approximate surface area is 139 Å². The van der Waals surface area contributed by atoms with E-state index in [0.717, 1.165) is 19.5 Å². The van der Waals surface area contributed by atoms with Crippen LogP contribution in [0.25, 0.3) is 10.8 Å². The standard InChI is InChI=1S/C22H25N/c1-2-8-19(9-3-1)10-6-16-23-17-7-11-20-14-15-21-12-4-5-13-22(21)18-20/h1-5,8-9,12-15,18,23H,6-7,10-11,16-17H2. The zero-order valence-corrected chi connectivity index (χ0v) is 13.7. The molecule has 0 aliphatic heterocycles. The summed E-state index contributed by atoms with van der Waals surface area (Å²) in [7, 11) is 0. The van der Waals surface area contributed by atoms with E-state index in [2.05, 4.69) is 78.1 Å². The van der Waals surface area contributed by atoms with Crippen LogP contribution in [0.1, 0.15) is 24.0 Å². The molecular formula is C22H25N. The Kier molecular flexibility index (Phi) is 5.82. The smallest absolute Gasteiger partial charge is 0.00457 e. The predicted molar refractivity (Wildman–Crippen MR) is 99.9 cm³/mol. The van der Waals surface area contributed by atoms with Gasteiger partial charge in [0.25, 0.3) is 0 Å². The van der Waals surface area contributed by atoms with Gasteiger partial charge in [0.2, 0.25) is 0 Å². The topological polar surface area (TPSA) is 12.0 Å². The Morgan fingerprint density at radius 2 is 1.22 bits per heavy atom. The van der Waals surface area contributed by atoms with E-state index in [1.54, 1.807) is 0 Å². The van der Waals surface area contributed by atoms with Crippen LogP contribution in [-0.2, 0) is 12.8 Å². The minimum atomic E-state index is 1.10. The molecule has 1 N–H and O–H groups in total. The number of hydrogen-bond acceptors (Lipinski definition) is 1. The first-order valence-corrected chi connectivity index (χ1v) is 8.64. The van der Waals surface area contributed by atoms with Crippen LogP contribution in [-0.4, -0.2) is 13.1 Å². The highest BCUT2D eigenvalue weighted by molar-refractivity contribution is 5.82. The third-order valence-electron chi connectivity index (χ3n) is 4.29. The summed E-state index contributed by atoms with van der Waals surface area (Å²) in [4.78, 5) is 0. The normalized spacial score (nSPS) is 11.0. The maximum Gasteiger partial charge on any atom is -0.00457 e. The summed E-state index contributed by atoms with van der Waals surface area (Å²) < 4.78 is 0. The zero-order chi connectivity index (χ0) is 15.7. The molecule has 0 heterocycles. The average Bonchev–Trinajstić information content (AvgIpc) is 2.61. The molecule has 0 aliphatic carbocycles. The Bertz CT molecular complexity index is 718. The molecule has 0 radical (unpaired) electrons. The molecule has 3 aromatic rings. The SMILES string of the molecule is c1ccc(CCCNCCCc2ccc3ccccc3c2)cc1. The summed E-state index contributed by atoms with van der Waals surface area (Å²) in [5.41, 5.74) is 2.88. The van der Waals surface area contributed by atoms with Crippen LogP contribution in [0.3, 0.4) is 0 Å². The lowest BCUT2D eigenvalue weighted by atomic mass is 10.0. The first-order chi connectivity index (χ1) is 11.4. The van der Waals surface area contributed by atoms with Gasteiger partial charge in [0.1, 0.15) is 0 Å². The molecule has 1 nitrogen and oxygen atoms in total. The lowest BCUT2D eigenvalue weighted by Gasteiger charge is -2.06. The molecule has 0 saturated carbocycles. The highest BCUT2D eigenvalue weighted by atomic mass is 14.8. The van der Waals surface area contributed by atoms with Gasteiger partial charge in [-0.3, -0.25) is 0 Å². The number of nitrogens with one attached hydrogen (secondary N) is 1. The molecule has 0 unspecified atom stereocenters. The van der Waals surface area contributed by atoms with Crippen molar-refractivity contribution in [2.24, 2.45) is 0 Å². The van der Waals surface area contributed by atoms with E-state index in [1.807, 2.05) is 0 Å². The van der Waals surface area contributed by atoms with Crippen molar-refractivity contribution in [2.45, 2.75) is 25.7 Å². The van der Waals surface area contributed by atoms with Gasteiger partial charge in [-0.05, 0) is 60.7 Å². The molecule has 0 aromatic heterocycles. The molecule has 0 amide bonds. The summed E-state index contributed by atoms with van der Waals surface area (Å²) in [6, 6.07) is 26.1. The highest BCUT2D eigenvalue weighted by Crippen LogP contribution is 2.16. The molecule has 0 aliphatic rings. The van der Waals surface area contributed by atoms with Crippen LogP contribution >= 0.6 is 0 Å². The van der Waals surface area contributed by atoms with Crippen molar-refractivity contribution in [1.29, 1.82) is 0 Å². The molecule has 0 fully saturated rings. The van der Waals surface area contributed by atoms with Crippen LogP contribution in [0.4, 0.5) is 0 Å². The number of aryl methyl sites for hydroxylation is 2. The Hall–Kier alpha value is -2.12. The van der Waals surface area contributed by atoms with E-state index in [-0.39, 0.29) is 0 Å². The van der Waals surface area contributed by atoms with Crippen molar-refractivity contribution in [2.75, 3.05) is 13.1 Å². The third-order valence-corrected chi connectivity index (χ3v) is 4.29. The van der Waals surface area contributed by atoms with E-state index in [4.69, 9.17) is 0 Å². The number of benzene rings is 3. The third kappa shape index (κ3) is 4.94. The van der Waals surface area contributed by atoms with Crippen LogP contribution in [0, 0.1) is 0 Å². The molecule has 3 aromatic carbocycles. The first-order valence-electron chi connectivity index (χ1n) is 8.64. The van der Waals surface area contributed by atoms with Gasteiger partial charge in [-0.15, -0.1) is 0 Å². The second-order valence-corrected chi connectivity index (χ2v) is 6.12. The lowest BCUT2D eigenvalue weighted by Crippen LogP contribution is -2.17. The van der Waals surface area contributed by atoms with Gasteiger partial charge in [0, 0.05) is 0 Å². The fourth-order valence-electron chi connectivity index (χ4n) is 3.00. The van der Waals surface area contributed by atoms with Crippen molar-refractivity contribution >= 4 is 10.8 Å². The average molecular weight is 303 g/mol. The molecule has 1 heteroatoms. The van der Waals surface area contributed by atoms with E-state index < -0.39 is 0 Å². The van der Waals surface area contributed by atoms with Crippen molar-refractivity contribution in [1.82, 2.24) is 5.32 Å². The van der Waals surface area contributed by atoms with E-state index >= 15 is 0 Å². The van der Waals surface area contributed by atoms with E-state index in [9.17, 15) is 0 Å². The maximum absolute atomic E-state index is 3.56. The number of rotatable bonds is 8. The van der Waals surface area contributed by atoms with Crippen LogP contribution in [0.5, 0.6) is 0 Å². The van der Waals surface area contributed by atoms with E-state index in [0.29, 0.717) is 0 Å². The van der Waals surface area contributed by atoms with Gasteiger partial charge in [0.05, 0.1) is 0 Å². The Morgan fingerprint density at radius 1 is 0.565 bits per heavy atom. The summed E-state index contributed by atoms with van der Waals surface area (Å²) in [6.07, 6.45) is 4.72. The number of hydrogen-bond donors (Lipinski definition) is 1. The minimum absolute atomic E-state index is 1.10. The Morgan fingerprint density at radius 3 is 2.00 bits per heavy atom. The van der Waals surface area contributed by atoms with E-state index in [1.165, 1.54) is 41.2 Å². The minimum Gasteiger partial charge on any atom is -0.317 e. The largest absolute Gasteiger partial charge is 0.317 e. The second kappa shape index (κ2) is 8.50. The fraction of sp³-hybridized carbons (Fsp3) is 0.273. The molecule has 0 spiro atoms. The monoisotopic (exact) mass is 303 g/mol. The molecule has 0 atom stereocenters. The molecular weight excluding hydrogens is 278 g/mol. The Balaban J connectivity index is 1.33. The second-order valence-electron chi connectivity index (χ2n) is 6.12. The number of fused-ring (bicyclic) bond motifs is 1. The van der Waals surface area contributed by atoms with Crippen molar-refractivity contribution in [3.05, 3.63) is 83.9 Å². The molecule has 118 valence electrons. The summed E-state index contributed by atoms with van der Waals surface area (Å²) in [5, 5.41) is 6.24. The molecule has 0 bridgehead atoms. The zero-order valence-electron chi connectivity index (χ0n) is 13.7. The quantitative estimate of drug-likeness (QED) is 0.578. The molecule has 0 saturated heterocycles. The highest BCUT2D eigenvalue weighted by Gasteiger charge is 1.97. The molecule has 3 rings (SSSR count). The summed E-state index contributed by atoms with van der Waals surface area (Å²) in [6.45, 7) is 2.20. The van der Waals surface area contributed by atoms with Gasteiger partial charge in [-0.1, -0.05) is 72.8 Å². The van der Waals surface area contributed by atoms with Crippen LogP contribution < -0.4 is 5.32 Å². The van der Waals surface area contributed by atoms with Gasteiger partial charge in [0.15, 0.2) is 0 Å². The van der Waals surface area contributed by atoms with Gasteiger partial charge in [-0.25, -0.2) is 0 Å². The summed E-state index contributed by atoms with van der Waals surface area (Å²) >= 11 is 0. The molecule has 23 heavy (non-hydrogen) atoms. The van der Waals surface area contributed by atoms with Gasteiger partial charge in [-0.2, -0.15) is 0 Å². The summed E-state index contributed by atoms with van der Waals surface area (Å²) in [5.74, 6) is 0. The van der Waals surface area contributed by atoms with Gasteiger partial charge >= 0.3 is 0 Å². The maximum atomic E-state index is 3.56. The van der Waals surface area contributed by atoms with Crippen LogP contribution in [0.2, 0.25) is 0 Å². The van der Waals surface area contributed by atoms with Crippen molar-refractivity contribution in [3.63, 3.8) is 0 Å². The first kappa shape index (κ1) is 15.8. The lowest BCUT2D eigenvalue weighted by molar-refractivity contribution is 0.622. The van der Waals surface area contributed by atoms with Crippen molar-refractivity contribution < 1.29 is 0 Å². The van der Waals surface area contributed by atoms with Gasteiger partial charge < -0.3 is 5.32 Å². The fourth-order valence-corrected chi connectivity index (χ4v) is 3.00.